The summed E-state index contributed by atoms with van der Waals surface area (Å²) < 4.78 is 25.7. The molecule has 0 saturated carbocycles. The molecule has 2 heterocycles. The Balaban J connectivity index is 0.00000272. The second-order valence-corrected chi connectivity index (χ2v) is 6.82. The molecule has 0 aliphatic carbocycles. The zero-order valence-corrected chi connectivity index (χ0v) is 17.8. The van der Waals surface area contributed by atoms with Crippen molar-refractivity contribution in [2.24, 2.45) is 0 Å². The highest BCUT2D eigenvalue weighted by Gasteiger charge is 2.14. The van der Waals surface area contributed by atoms with Crippen molar-refractivity contribution in [3.05, 3.63) is 69.8 Å². The summed E-state index contributed by atoms with van der Waals surface area (Å²) in [5.41, 5.74) is 1.77. The third-order valence-electron chi connectivity index (χ3n) is 4.70. The molecule has 4 rings (SSSR count). The van der Waals surface area contributed by atoms with Crippen LogP contribution in [0.2, 0.25) is 0 Å². The zero-order valence-electron chi connectivity index (χ0n) is 17.0. The van der Waals surface area contributed by atoms with Crippen LogP contribution in [0, 0.1) is 12.7 Å². The summed E-state index contributed by atoms with van der Waals surface area (Å²) >= 11 is 0. The molecular formula is C21H20ClFN4O4. The summed E-state index contributed by atoms with van der Waals surface area (Å²) in [6.45, 7) is 1.73. The molecule has 2 aromatic heterocycles. The minimum Gasteiger partial charge on any atom is -0.503 e. The van der Waals surface area contributed by atoms with Crippen molar-refractivity contribution in [3.63, 3.8) is 0 Å². The van der Waals surface area contributed by atoms with Crippen molar-refractivity contribution in [1.82, 2.24) is 19.7 Å². The summed E-state index contributed by atoms with van der Waals surface area (Å²) in [7, 11) is 3.00. The van der Waals surface area contributed by atoms with E-state index in [0.29, 0.717) is 33.8 Å². The van der Waals surface area contributed by atoms with E-state index in [0.717, 1.165) is 5.56 Å². The lowest BCUT2D eigenvalue weighted by Crippen LogP contribution is -2.12. The number of nitrogens with zero attached hydrogens (tertiary/aromatic N) is 3. The summed E-state index contributed by atoms with van der Waals surface area (Å²) in [6, 6.07) is 6.10. The number of aromatic hydroxyl groups is 1. The van der Waals surface area contributed by atoms with E-state index in [2.05, 4.69) is 15.1 Å². The maximum Gasteiger partial charge on any atom is 0.258 e. The molecule has 0 saturated heterocycles. The number of aromatic nitrogens is 4. The lowest BCUT2D eigenvalue weighted by Gasteiger charge is -2.09. The van der Waals surface area contributed by atoms with Crippen LogP contribution in [0.5, 0.6) is 17.2 Å². The molecule has 0 amide bonds. The number of hydrogen-bond acceptors (Lipinski definition) is 6. The van der Waals surface area contributed by atoms with E-state index in [1.807, 2.05) is 0 Å². The smallest absolute Gasteiger partial charge is 0.258 e. The quantitative estimate of drug-likeness (QED) is 0.487. The van der Waals surface area contributed by atoms with Gasteiger partial charge in [-0.25, -0.2) is 14.1 Å². The molecule has 0 aliphatic heterocycles. The molecule has 0 fully saturated rings. The van der Waals surface area contributed by atoms with E-state index >= 15 is 0 Å². The molecule has 2 N–H and O–H groups in total. The van der Waals surface area contributed by atoms with Gasteiger partial charge in [0.25, 0.3) is 5.56 Å². The number of nitrogens with one attached hydrogen (secondary N) is 1. The molecule has 0 aliphatic rings. The highest BCUT2D eigenvalue weighted by molar-refractivity contribution is 5.85. The van der Waals surface area contributed by atoms with Crippen molar-refractivity contribution in [1.29, 1.82) is 0 Å². The molecule has 10 heteroatoms. The second kappa shape index (κ2) is 8.65. The van der Waals surface area contributed by atoms with Gasteiger partial charge in [0.2, 0.25) is 0 Å². The van der Waals surface area contributed by atoms with Gasteiger partial charge in [0, 0.05) is 18.7 Å². The van der Waals surface area contributed by atoms with E-state index in [4.69, 9.17) is 9.47 Å². The van der Waals surface area contributed by atoms with Crippen LogP contribution in [-0.4, -0.2) is 39.1 Å². The number of hydrogen-bond donors (Lipinski definition) is 2. The molecule has 0 radical (unpaired) electrons. The average molecular weight is 447 g/mol. The number of ether oxygens (including phenoxy) is 2. The zero-order chi connectivity index (χ0) is 21.4. The van der Waals surface area contributed by atoms with E-state index < -0.39 is 11.6 Å². The first-order chi connectivity index (χ1) is 14.4. The first kappa shape index (κ1) is 22.1. The number of benzene rings is 2. The predicted octanol–water partition coefficient (Wildman–Crippen LogP) is 3.29. The molecule has 0 bridgehead atoms. The van der Waals surface area contributed by atoms with Gasteiger partial charge in [-0.1, -0.05) is 0 Å². The summed E-state index contributed by atoms with van der Waals surface area (Å²) in [5, 5.41) is 14.6. The van der Waals surface area contributed by atoms with Crippen molar-refractivity contribution in [3.8, 4) is 22.9 Å². The monoisotopic (exact) mass is 446 g/mol. The number of aromatic amines is 1. The number of phenols is 1. The van der Waals surface area contributed by atoms with Crippen molar-refractivity contribution in [2.45, 2.75) is 13.3 Å². The Morgan fingerprint density at radius 3 is 2.58 bits per heavy atom. The Morgan fingerprint density at radius 1 is 1.16 bits per heavy atom. The number of fused-ring (bicyclic) bond motifs is 1. The second-order valence-electron chi connectivity index (χ2n) is 6.82. The largest absolute Gasteiger partial charge is 0.503 e. The normalized spacial score (nSPS) is 10.7. The van der Waals surface area contributed by atoms with Crippen molar-refractivity contribution >= 4 is 23.3 Å². The summed E-state index contributed by atoms with van der Waals surface area (Å²) in [4.78, 5) is 19.8. The molecule has 0 spiro atoms. The summed E-state index contributed by atoms with van der Waals surface area (Å²) in [6.07, 6.45) is 3.50. The van der Waals surface area contributed by atoms with Gasteiger partial charge >= 0.3 is 0 Å². The predicted molar refractivity (Wildman–Crippen MR) is 115 cm³/mol. The highest BCUT2D eigenvalue weighted by Crippen LogP contribution is 2.30. The Morgan fingerprint density at radius 2 is 1.87 bits per heavy atom. The molecule has 162 valence electrons. The van der Waals surface area contributed by atoms with Gasteiger partial charge in [-0.05, 0) is 36.2 Å². The lowest BCUT2D eigenvalue weighted by atomic mass is 10.2. The fourth-order valence-corrected chi connectivity index (χ4v) is 3.27. The molecule has 0 atom stereocenters. The number of methoxy groups -OCH3 is 2. The number of aryl methyl sites for hydroxylation is 1. The van der Waals surface area contributed by atoms with E-state index in [1.54, 1.807) is 37.5 Å². The highest BCUT2D eigenvalue weighted by atomic mass is 35.5. The fraction of sp³-hybridized carbons (Fsp3) is 0.190. The molecule has 2 aromatic carbocycles. The molecule has 31 heavy (non-hydrogen) atoms. The fourth-order valence-electron chi connectivity index (χ4n) is 3.27. The Hall–Kier alpha value is -3.59. The SMILES string of the molecule is COc1cc2nc(Cc3cnn(-c4cc(C)cc(F)c4O)c3)[nH]c(=O)c2cc1OC.Cl. The number of H-pyrrole nitrogens is 1. The Kier molecular flexibility index (Phi) is 6.16. The van der Waals surface area contributed by atoms with Crippen molar-refractivity contribution in [2.75, 3.05) is 14.2 Å². The van der Waals surface area contributed by atoms with Gasteiger partial charge < -0.3 is 19.6 Å². The molecule has 4 aromatic rings. The third-order valence-corrected chi connectivity index (χ3v) is 4.70. The standard InChI is InChI=1S/C21H19FN4O4.ClH/c1-11-4-14(22)20(27)16(5-11)26-10-12(9-23-26)6-19-24-15-8-18(30-3)17(29-2)7-13(15)21(28)25-19;/h4-5,7-10,27H,6H2,1-3H3,(H,24,25,28);1H. The Labute approximate surface area is 182 Å². The minimum absolute atomic E-state index is 0. The first-order valence-electron chi connectivity index (χ1n) is 9.07. The minimum atomic E-state index is -0.716. The molecule has 8 nitrogen and oxygen atoms in total. The summed E-state index contributed by atoms with van der Waals surface area (Å²) in [5.74, 6) is 0.148. The maximum atomic E-state index is 13.8. The van der Waals surface area contributed by atoms with Gasteiger partial charge in [-0.15, -0.1) is 12.4 Å². The topological polar surface area (TPSA) is 102 Å². The Bertz CT molecular complexity index is 1320. The van der Waals surface area contributed by atoms with Gasteiger partial charge in [-0.2, -0.15) is 5.10 Å². The van der Waals surface area contributed by atoms with Gasteiger partial charge in [0.15, 0.2) is 23.1 Å². The van der Waals surface area contributed by atoms with E-state index in [1.165, 1.54) is 25.0 Å². The van der Waals surface area contributed by atoms with E-state index in [-0.39, 0.29) is 30.1 Å². The van der Waals surface area contributed by atoms with Crippen LogP contribution in [0.15, 0.2) is 41.5 Å². The number of phenolic OH excluding ortho intramolecular Hbond substituents is 1. The number of rotatable bonds is 5. The maximum absolute atomic E-state index is 13.8. The molecular weight excluding hydrogens is 427 g/mol. The van der Waals surface area contributed by atoms with Gasteiger partial charge in [-0.3, -0.25) is 4.79 Å². The first-order valence-corrected chi connectivity index (χ1v) is 9.07. The number of halogens is 2. The lowest BCUT2D eigenvalue weighted by molar-refractivity contribution is 0.355. The van der Waals surface area contributed by atoms with Gasteiger partial charge in [0.05, 0.1) is 31.3 Å². The van der Waals surface area contributed by atoms with Crippen LogP contribution in [0.1, 0.15) is 17.0 Å². The van der Waals surface area contributed by atoms with Crippen LogP contribution in [0.25, 0.3) is 16.6 Å². The average Bonchev–Trinajstić information content (AvgIpc) is 3.18. The van der Waals surface area contributed by atoms with Crippen LogP contribution >= 0.6 is 12.4 Å². The van der Waals surface area contributed by atoms with Crippen LogP contribution in [0.3, 0.4) is 0 Å². The molecule has 0 unspecified atom stereocenters. The third kappa shape index (κ3) is 4.17. The van der Waals surface area contributed by atoms with Crippen molar-refractivity contribution < 1.29 is 19.0 Å². The van der Waals surface area contributed by atoms with Crippen LogP contribution < -0.4 is 15.0 Å². The van der Waals surface area contributed by atoms with Gasteiger partial charge in [0.1, 0.15) is 11.5 Å². The van der Waals surface area contributed by atoms with Crippen LogP contribution in [0.4, 0.5) is 4.39 Å². The van der Waals surface area contributed by atoms with E-state index in [9.17, 15) is 14.3 Å². The van der Waals surface area contributed by atoms with Crippen LogP contribution in [-0.2, 0) is 6.42 Å².